The first kappa shape index (κ1) is 31.2. The van der Waals surface area contributed by atoms with E-state index >= 15 is 8.78 Å². The summed E-state index contributed by atoms with van der Waals surface area (Å²) in [7, 11) is 0. The molecular weight excluding hydrogens is 611 g/mol. The highest BCUT2D eigenvalue weighted by Crippen LogP contribution is 2.47. The number of fused-ring (bicyclic) bond motifs is 1. The number of ether oxygens (including phenoxy) is 1. The molecule has 2 saturated heterocycles. The average molecular weight is 646 g/mol. The first-order chi connectivity index (χ1) is 21.5. The fourth-order valence-corrected chi connectivity index (χ4v) is 7.78. The lowest BCUT2D eigenvalue weighted by molar-refractivity contribution is -0.152. The molecule has 1 aliphatic carbocycles. The van der Waals surface area contributed by atoms with Crippen LogP contribution in [0.3, 0.4) is 0 Å². The van der Waals surface area contributed by atoms with Crippen molar-refractivity contribution < 1.29 is 37.4 Å². The zero-order valence-electron chi connectivity index (χ0n) is 24.9. The number of carboxylic acid groups (broad SMARTS) is 1. The Morgan fingerprint density at radius 3 is 2.67 bits per heavy atom. The molecule has 1 aromatic carbocycles. The van der Waals surface area contributed by atoms with E-state index in [1.807, 2.05) is 0 Å². The van der Waals surface area contributed by atoms with E-state index in [9.17, 15) is 23.9 Å². The van der Waals surface area contributed by atoms with Gasteiger partial charge in [0.15, 0.2) is 10.8 Å². The number of esters is 1. The number of nitrogens with one attached hydrogen (secondary N) is 1. The molecule has 240 valence electrons. The van der Waals surface area contributed by atoms with E-state index < -0.39 is 59.5 Å². The Hall–Kier alpha value is -3.78. The van der Waals surface area contributed by atoms with E-state index in [0.717, 1.165) is 0 Å². The van der Waals surface area contributed by atoms with Gasteiger partial charge in [0.25, 0.3) is 5.92 Å². The van der Waals surface area contributed by atoms with Gasteiger partial charge in [-0.15, -0.1) is 11.3 Å². The Morgan fingerprint density at radius 1 is 1.24 bits per heavy atom. The number of likely N-dealkylation sites (tertiary alicyclic amines) is 2. The van der Waals surface area contributed by atoms with Crippen molar-refractivity contribution in [2.24, 2.45) is 16.3 Å². The first-order valence-electron chi connectivity index (χ1n) is 15.0. The van der Waals surface area contributed by atoms with Gasteiger partial charge in [-0.1, -0.05) is 25.0 Å². The summed E-state index contributed by atoms with van der Waals surface area (Å²) in [5, 5.41) is 15.3. The van der Waals surface area contributed by atoms with Gasteiger partial charge in [-0.2, -0.15) is 0 Å². The summed E-state index contributed by atoms with van der Waals surface area (Å²) in [6, 6.07) is 2.53. The van der Waals surface area contributed by atoms with Crippen molar-refractivity contribution in [1.82, 2.24) is 20.1 Å². The summed E-state index contributed by atoms with van der Waals surface area (Å²) in [5.74, 6) is -7.73. The number of halogens is 3. The number of carbonyl (C=O) groups is 3. The molecule has 3 aliphatic heterocycles. The lowest BCUT2D eigenvalue weighted by Crippen LogP contribution is -2.46. The molecule has 3 unspecified atom stereocenters. The number of thiazole rings is 1. The predicted molar refractivity (Wildman–Crippen MR) is 158 cm³/mol. The third-order valence-corrected chi connectivity index (χ3v) is 10.2. The van der Waals surface area contributed by atoms with E-state index in [0.29, 0.717) is 36.3 Å². The zero-order chi connectivity index (χ0) is 32.1. The number of nitrogens with zero attached hydrogens (tertiary/aromatic N) is 4. The Morgan fingerprint density at radius 2 is 2.00 bits per heavy atom. The van der Waals surface area contributed by atoms with Gasteiger partial charge >= 0.3 is 11.9 Å². The predicted octanol–water partition coefficient (Wildman–Crippen LogP) is 3.92. The normalized spacial score (nSPS) is 25.7. The number of aromatic nitrogens is 1. The van der Waals surface area contributed by atoms with Crippen molar-refractivity contribution in [2.75, 3.05) is 32.8 Å². The molecule has 0 bridgehead atoms. The van der Waals surface area contributed by atoms with Crippen LogP contribution in [0.15, 0.2) is 46.0 Å². The molecule has 4 heterocycles. The van der Waals surface area contributed by atoms with Crippen LogP contribution in [-0.2, 0) is 19.1 Å². The molecule has 10 nitrogen and oxygen atoms in total. The number of hydrogen-bond donors (Lipinski definition) is 2. The van der Waals surface area contributed by atoms with Crippen molar-refractivity contribution in [3.05, 3.63) is 63.0 Å². The average Bonchev–Trinajstić information content (AvgIpc) is 3.79. The van der Waals surface area contributed by atoms with Crippen molar-refractivity contribution >= 4 is 35.0 Å². The van der Waals surface area contributed by atoms with Crippen LogP contribution in [0.5, 0.6) is 0 Å². The molecule has 14 heteroatoms. The number of benzene rings is 1. The molecule has 45 heavy (non-hydrogen) atoms. The van der Waals surface area contributed by atoms with Gasteiger partial charge in [-0.05, 0) is 43.9 Å². The largest absolute Gasteiger partial charge is 0.481 e. The maximum Gasteiger partial charge on any atom is 0.338 e. The Labute approximate surface area is 262 Å². The Bertz CT molecular complexity index is 1570. The molecule has 0 spiro atoms. The molecule has 2 N–H and O–H groups in total. The number of carbonyl (C=O) groups excluding carboxylic acids is 2. The second kappa shape index (κ2) is 11.9. The minimum atomic E-state index is -3.38. The first-order valence-corrected chi connectivity index (χ1v) is 15.9. The third kappa shape index (κ3) is 5.51. The van der Waals surface area contributed by atoms with E-state index in [-0.39, 0.29) is 48.9 Å². The number of aliphatic imine (C=N–C) groups is 1. The Balaban J connectivity index is 1.38. The van der Waals surface area contributed by atoms with Crippen LogP contribution in [0.4, 0.5) is 13.2 Å². The van der Waals surface area contributed by atoms with Crippen molar-refractivity contribution in [1.29, 1.82) is 0 Å². The van der Waals surface area contributed by atoms with E-state index in [4.69, 9.17) is 9.73 Å². The standard InChI is InChI=1S/C31H34F3N5O5S/c1-3-44-28(41)22-20(36-25(26-35-11-12-45-26)37-24(22)18-7-6-8-19(32)17(18)2)13-38-16-31(33,34)23-21(38)14-39(27(23)40)15-30(29(42)43)9-4-5-10-30/h6-8,11-12,21,23-24H,3-5,9-10,13-16H2,1-2H3,(H,36,37)(H,42,43). The van der Waals surface area contributed by atoms with E-state index in [1.165, 1.54) is 33.3 Å². The van der Waals surface area contributed by atoms with Crippen LogP contribution < -0.4 is 5.32 Å². The van der Waals surface area contributed by atoms with Crippen LogP contribution in [0.25, 0.3) is 0 Å². The molecule has 0 radical (unpaired) electrons. The maximum absolute atomic E-state index is 15.6. The molecule has 1 aromatic heterocycles. The zero-order valence-corrected chi connectivity index (χ0v) is 25.7. The van der Waals surface area contributed by atoms with Crippen LogP contribution in [0.2, 0.25) is 0 Å². The van der Waals surface area contributed by atoms with Crippen molar-refractivity contribution in [3.8, 4) is 0 Å². The Kier molecular flexibility index (Phi) is 8.23. The number of rotatable bonds is 9. The van der Waals surface area contributed by atoms with Gasteiger partial charge in [0, 0.05) is 43.0 Å². The topological polar surface area (TPSA) is 124 Å². The summed E-state index contributed by atoms with van der Waals surface area (Å²) < 4.78 is 51.4. The molecular formula is C31H34F3N5O5S. The van der Waals surface area contributed by atoms with Crippen LogP contribution >= 0.6 is 11.3 Å². The van der Waals surface area contributed by atoms with Gasteiger partial charge in [0.05, 0.1) is 24.1 Å². The minimum absolute atomic E-state index is 0.0365. The van der Waals surface area contributed by atoms with Crippen LogP contribution in [0.1, 0.15) is 54.8 Å². The van der Waals surface area contributed by atoms with Gasteiger partial charge in [0.2, 0.25) is 5.91 Å². The fraction of sp³-hybridized carbons (Fsp3) is 0.516. The maximum atomic E-state index is 15.6. The van der Waals surface area contributed by atoms with Crippen molar-refractivity contribution in [2.45, 2.75) is 57.5 Å². The van der Waals surface area contributed by atoms with Crippen LogP contribution in [-0.4, -0.2) is 88.3 Å². The highest BCUT2D eigenvalue weighted by molar-refractivity contribution is 7.11. The summed E-state index contributed by atoms with van der Waals surface area (Å²) in [6.07, 6.45) is 3.77. The SMILES string of the molecule is CCOC(=O)C1=C(CN2CC(F)(F)C3C(=O)N(CC4(C(=O)O)CCCC4)CC32)NC(c2nccs2)=NC1c1cccc(F)c1C. The molecule has 1 saturated carbocycles. The van der Waals surface area contributed by atoms with Gasteiger partial charge in [-0.3, -0.25) is 19.5 Å². The number of amidine groups is 1. The van der Waals surface area contributed by atoms with E-state index in [2.05, 4.69) is 10.3 Å². The lowest BCUT2D eigenvalue weighted by Gasteiger charge is -2.33. The smallest absolute Gasteiger partial charge is 0.338 e. The third-order valence-electron chi connectivity index (χ3n) is 9.44. The minimum Gasteiger partial charge on any atom is -0.481 e. The highest BCUT2D eigenvalue weighted by atomic mass is 32.1. The summed E-state index contributed by atoms with van der Waals surface area (Å²) in [4.78, 5) is 51.0. The monoisotopic (exact) mass is 645 g/mol. The number of carboxylic acids is 1. The highest BCUT2D eigenvalue weighted by Gasteiger charge is 2.63. The van der Waals surface area contributed by atoms with Gasteiger partial charge < -0.3 is 20.1 Å². The van der Waals surface area contributed by atoms with Gasteiger partial charge in [-0.25, -0.2) is 22.9 Å². The molecule has 6 rings (SSSR count). The number of alkyl halides is 2. The second-order valence-electron chi connectivity index (χ2n) is 12.1. The molecule has 1 amide bonds. The second-order valence-corrected chi connectivity index (χ2v) is 13.0. The number of amides is 1. The lowest BCUT2D eigenvalue weighted by atomic mass is 9.85. The quantitative estimate of drug-likeness (QED) is 0.394. The van der Waals surface area contributed by atoms with Crippen molar-refractivity contribution in [3.63, 3.8) is 0 Å². The molecule has 2 aromatic rings. The number of hydrogen-bond acceptors (Lipinski definition) is 9. The summed E-state index contributed by atoms with van der Waals surface area (Å²) in [5.41, 5.74) is -0.170. The van der Waals surface area contributed by atoms with Crippen LogP contribution in [0, 0.1) is 24.1 Å². The van der Waals surface area contributed by atoms with Gasteiger partial charge in [0.1, 0.15) is 17.8 Å². The van der Waals surface area contributed by atoms with E-state index in [1.54, 1.807) is 31.5 Å². The fourth-order valence-electron chi connectivity index (χ4n) is 7.20. The molecule has 4 aliphatic rings. The number of aliphatic carboxylic acids is 1. The summed E-state index contributed by atoms with van der Waals surface area (Å²) in [6.45, 7) is 2.15. The summed E-state index contributed by atoms with van der Waals surface area (Å²) >= 11 is 1.28. The molecule has 3 atom stereocenters. The molecule has 3 fully saturated rings.